The van der Waals surface area contributed by atoms with Crippen molar-refractivity contribution in [3.63, 3.8) is 0 Å². The molecule has 3 rings (SSSR count). The number of nitrogen functional groups attached to an aromatic ring is 2. The number of hydrogen-bond donors (Lipinski definition) is 3. The number of anilines is 3. The van der Waals surface area contributed by atoms with Crippen molar-refractivity contribution in [3.8, 4) is 11.1 Å². The Bertz CT molecular complexity index is 833. The van der Waals surface area contributed by atoms with E-state index in [0.717, 1.165) is 30.5 Å². The minimum Gasteiger partial charge on any atom is -0.384 e. The number of hydrogen-bond acceptors (Lipinski definition) is 7. The summed E-state index contributed by atoms with van der Waals surface area (Å²) in [5.41, 5.74) is 14.5. The molecule has 0 amide bonds. The number of aromatic nitrogens is 2. The fourth-order valence-corrected chi connectivity index (χ4v) is 3.33. The molecule has 0 spiro atoms. The number of benzene rings is 1. The predicted molar refractivity (Wildman–Crippen MR) is 81.6 cm³/mol. The van der Waals surface area contributed by atoms with Crippen molar-refractivity contribution in [2.45, 2.75) is 11.4 Å². The van der Waals surface area contributed by atoms with E-state index in [4.69, 9.17) is 11.5 Å². The maximum atomic E-state index is 12.0. The van der Waals surface area contributed by atoms with E-state index in [1.807, 2.05) is 12.1 Å². The Hall–Kier alpha value is -2.35. The van der Waals surface area contributed by atoms with Gasteiger partial charge in [-0.1, -0.05) is 6.07 Å². The lowest BCUT2D eigenvalue weighted by Gasteiger charge is -2.12. The van der Waals surface area contributed by atoms with Gasteiger partial charge < -0.3 is 16.8 Å². The summed E-state index contributed by atoms with van der Waals surface area (Å²) in [6.45, 7) is 0.867. The second-order valence-electron chi connectivity index (χ2n) is 4.97. The molecular weight excluding hydrogens is 290 g/mol. The minimum absolute atomic E-state index is 0.0637. The van der Waals surface area contributed by atoms with Crippen LogP contribution in [0.1, 0.15) is 5.56 Å². The minimum atomic E-state index is -3.57. The topological polar surface area (TPSA) is 124 Å². The highest BCUT2D eigenvalue weighted by Crippen LogP contribution is 2.34. The lowest BCUT2D eigenvalue weighted by molar-refractivity contribution is 0.598. The van der Waals surface area contributed by atoms with Gasteiger partial charge in [0.25, 0.3) is 0 Å². The summed E-state index contributed by atoms with van der Waals surface area (Å²) in [4.78, 5) is 7.74. The van der Waals surface area contributed by atoms with Gasteiger partial charge in [-0.25, -0.2) is 13.4 Å². The van der Waals surface area contributed by atoms with Crippen LogP contribution in [0.4, 0.5) is 17.5 Å². The molecule has 0 fully saturated rings. The van der Waals surface area contributed by atoms with Crippen LogP contribution in [0.2, 0.25) is 0 Å². The zero-order valence-corrected chi connectivity index (χ0v) is 12.2. The average molecular weight is 305 g/mol. The van der Waals surface area contributed by atoms with Crippen LogP contribution in [0.25, 0.3) is 11.1 Å². The summed E-state index contributed by atoms with van der Waals surface area (Å²) in [7, 11) is -3.57. The van der Waals surface area contributed by atoms with Crippen LogP contribution in [0.5, 0.6) is 0 Å². The van der Waals surface area contributed by atoms with Gasteiger partial charge in [-0.05, 0) is 29.7 Å². The first kappa shape index (κ1) is 13.6. The Morgan fingerprint density at radius 1 is 1.24 bits per heavy atom. The fraction of sp³-hybridized carbons (Fsp3) is 0.231. The molecule has 1 aromatic heterocycles. The molecule has 0 aliphatic carbocycles. The zero-order chi connectivity index (χ0) is 15.2. The third kappa shape index (κ3) is 2.38. The molecule has 21 heavy (non-hydrogen) atoms. The van der Waals surface area contributed by atoms with Crippen LogP contribution in [-0.4, -0.2) is 31.2 Å². The lowest BCUT2D eigenvalue weighted by Crippen LogP contribution is -2.10. The molecule has 2 heterocycles. The number of fused-ring (bicyclic) bond motifs is 1. The maximum absolute atomic E-state index is 12.0. The van der Waals surface area contributed by atoms with E-state index in [2.05, 4.69) is 15.3 Å². The molecule has 1 aliphatic rings. The molecule has 0 radical (unpaired) electrons. The van der Waals surface area contributed by atoms with E-state index in [0.29, 0.717) is 11.1 Å². The quantitative estimate of drug-likeness (QED) is 0.697. The number of nitrogens with zero attached hydrogens (tertiary/aromatic N) is 2. The van der Waals surface area contributed by atoms with Gasteiger partial charge in [0.05, 0.1) is 5.56 Å². The van der Waals surface area contributed by atoms with Crippen LogP contribution < -0.4 is 16.8 Å². The first-order valence-corrected chi connectivity index (χ1v) is 8.25. The Labute approximate surface area is 122 Å². The van der Waals surface area contributed by atoms with Gasteiger partial charge in [-0.3, -0.25) is 0 Å². The molecule has 8 heteroatoms. The van der Waals surface area contributed by atoms with Crippen molar-refractivity contribution in [2.24, 2.45) is 0 Å². The normalized spacial score (nSPS) is 13.8. The Morgan fingerprint density at radius 3 is 2.71 bits per heavy atom. The van der Waals surface area contributed by atoms with Crippen molar-refractivity contribution in [2.75, 3.05) is 29.6 Å². The molecule has 1 aromatic carbocycles. The SMILES string of the molecule is CS(=O)(=O)c1nc(N)nc(N)c1-c1ccc2c(c1)CCN2. The molecule has 5 N–H and O–H groups in total. The Morgan fingerprint density at radius 2 is 2.00 bits per heavy atom. The van der Waals surface area contributed by atoms with E-state index in [1.54, 1.807) is 6.07 Å². The van der Waals surface area contributed by atoms with Gasteiger partial charge in [0, 0.05) is 18.5 Å². The van der Waals surface area contributed by atoms with Crippen molar-refractivity contribution < 1.29 is 8.42 Å². The largest absolute Gasteiger partial charge is 0.384 e. The second kappa shape index (κ2) is 4.59. The number of sulfone groups is 1. The number of nitrogens with two attached hydrogens (primary N) is 2. The molecule has 0 atom stereocenters. The average Bonchev–Trinajstić information content (AvgIpc) is 2.83. The van der Waals surface area contributed by atoms with Crippen molar-refractivity contribution in [1.82, 2.24) is 9.97 Å². The van der Waals surface area contributed by atoms with Gasteiger partial charge in [0.1, 0.15) is 5.82 Å². The van der Waals surface area contributed by atoms with Crippen molar-refractivity contribution in [1.29, 1.82) is 0 Å². The second-order valence-corrected chi connectivity index (χ2v) is 6.90. The third-order valence-corrected chi connectivity index (χ3v) is 4.37. The molecule has 2 aromatic rings. The van der Waals surface area contributed by atoms with E-state index < -0.39 is 9.84 Å². The van der Waals surface area contributed by atoms with Crippen LogP contribution in [0, 0.1) is 0 Å². The number of nitrogens with one attached hydrogen (secondary N) is 1. The summed E-state index contributed by atoms with van der Waals surface area (Å²) in [6.07, 6.45) is 1.96. The first-order chi connectivity index (χ1) is 9.86. The molecule has 0 unspecified atom stereocenters. The summed E-state index contributed by atoms with van der Waals surface area (Å²) in [5, 5.41) is 3.11. The summed E-state index contributed by atoms with van der Waals surface area (Å²) in [5.74, 6) is -0.0895. The summed E-state index contributed by atoms with van der Waals surface area (Å²) in [6, 6.07) is 5.62. The van der Waals surface area contributed by atoms with Gasteiger partial charge in [0.2, 0.25) is 5.95 Å². The highest BCUT2D eigenvalue weighted by Gasteiger charge is 2.22. The molecule has 110 valence electrons. The van der Waals surface area contributed by atoms with Crippen LogP contribution >= 0.6 is 0 Å². The highest BCUT2D eigenvalue weighted by atomic mass is 32.2. The standard InChI is InChI=1S/C13H15N5O2S/c1-21(19,20)12-10(11(14)17-13(15)18-12)8-2-3-9-7(6-8)4-5-16-9/h2-3,6,16H,4-5H2,1H3,(H4,14,15,17,18). The Balaban J connectivity index is 2.27. The highest BCUT2D eigenvalue weighted by molar-refractivity contribution is 7.90. The molecule has 0 saturated carbocycles. The van der Waals surface area contributed by atoms with Gasteiger partial charge in [0.15, 0.2) is 14.9 Å². The van der Waals surface area contributed by atoms with Gasteiger partial charge in [-0.2, -0.15) is 4.98 Å². The fourth-order valence-electron chi connectivity index (χ4n) is 2.47. The van der Waals surface area contributed by atoms with Crippen LogP contribution in [0.15, 0.2) is 23.2 Å². The van der Waals surface area contributed by atoms with Crippen molar-refractivity contribution in [3.05, 3.63) is 23.8 Å². The van der Waals surface area contributed by atoms with Gasteiger partial charge in [-0.15, -0.1) is 0 Å². The third-order valence-electron chi connectivity index (χ3n) is 3.38. The first-order valence-electron chi connectivity index (χ1n) is 6.36. The molecule has 0 bridgehead atoms. The summed E-state index contributed by atoms with van der Waals surface area (Å²) < 4.78 is 23.9. The van der Waals surface area contributed by atoms with E-state index in [-0.39, 0.29) is 16.8 Å². The molecule has 7 nitrogen and oxygen atoms in total. The Kier molecular flexibility index (Phi) is 2.98. The van der Waals surface area contributed by atoms with Gasteiger partial charge >= 0.3 is 0 Å². The maximum Gasteiger partial charge on any atom is 0.223 e. The molecule has 1 aliphatic heterocycles. The van der Waals surface area contributed by atoms with Crippen LogP contribution in [0.3, 0.4) is 0 Å². The predicted octanol–water partition coefficient (Wildman–Crippen LogP) is 0.680. The van der Waals surface area contributed by atoms with E-state index in [1.165, 1.54) is 0 Å². The monoisotopic (exact) mass is 305 g/mol. The summed E-state index contributed by atoms with van der Waals surface area (Å²) >= 11 is 0. The van der Waals surface area contributed by atoms with E-state index >= 15 is 0 Å². The lowest BCUT2D eigenvalue weighted by atomic mass is 10.0. The smallest absolute Gasteiger partial charge is 0.223 e. The van der Waals surface area contributed by atoms with E-state index in [9.17, 15) is 8.42 Å². The molecule has 0 saturated heterocycles. The van der Waals surface area contributed by atoms with Crippen LogP contribution in [-0.2, 0) is 16.3 Å². The number of rotatable bonds is 2. The molecular formula is C13H15N5O2S. The van der Waals surface area contributed by atoms with Crippen molar-refractivity contribution >= 4 is 27.3 Å². The zero-order valence-electron chi connectivity index (χ0n) is 11.4.